The Morgan fingerprint density at radius 2 is 1.60 bits per heavy atom. The molecule has 0 radical (unpaired) electrons. The SMILES string of the molecule is COC(=O)COc1ccc(N2C(=O)c3ccccc3C2=O)cc1OC. The van der Waals surface area contributed by atoms with Gasteiger partial charge >= 0.3 is 5.97 Å². The van der Waals surface area contributed by atoms with Crippen LogP contribution < -0.4 is 14.4 Å². The summed E-state index contributed by atoms with van der Waals surface area (Å²) in [5.41, 5.74) is 1.07. The summed E-state index contributed by atoms with van der Waals surface area (Å²) in [7, 11) is 2.68. The topological polar surface area (TPSA) is 82.1 Å². The number of carbonyl (C=O) groups excluding carboxylic acids is 3. The third-order valence-electron chi connectivity index (χ3n) is 3.77. The first-order chi connectivity index (χ1) is 12.1. The molecule has 2 amide bonds. The highest BCUT2D eigenvalue weighted by molar-refractivity contribution is 6.34. The van der Waals surface area contributed by atoms with Crippen LogP contribution in [0.1, 0.15) is 20.7 Å². The van der Waals surface area contributed by atoms with Crippen molar-refractivity contribution in [1.82, 2.24) is 0 Å². The number of benzene rings is 2. The van der Waals surface area contributed by atoms with Crippen molar-refractivity contribution in [1.29, 1.82) is 0 Å². The number of rotatable bonds is 5. The van der Waals surface area contributed by atoms with E-state index < -0.39 is 17.8 Å². The highest BCUT2D eigenvalue weighted by Gasteiger charge is 2.36. The zero-order chi connectivity index (χ0) is 18.0. The van der Waals surface area contributed by atoms with Gasteiger partial charge in [-0.3, -0.25) is 9.59 Å². The molecule has 0 unspecified atom stereocenters. The van der Waals surface area contributed by atoms with Crippen LogP contribution in [0.5, 0.6) is 11.5 Å². The maximum atomic E-state index is 12.5. The Morgan fingerprint density at radius 1 is 0.960 bits per heavy atom. The first-order valence-electron chi connectivity index (χ1n) is 7.42. The maximum absolute atomic E-state index is 12.5. The van der Waals surface area contributed by atoms with Crippen LogP contribution in [0.3, 0.4) is 0 Å². The van der Waals surface area contributed by atoms with E-state index in [0.717, 1.165) is 4.90 Å². The van der Waals surface area contributed by atoms with E-state index in [1.807, 2.05) is 0 Å². The summed E-state index contributed by atoms with van der Waals surface area (Å²) in [6.07, 6.45) is 0. The summed E-state index contributed by atoms with van der Waals surface area (Å²) < 4.78 is 15.1. The van der Waals surface area contributed by atoms with Gasteiger partial charge in [0.25, 0.3) is 11.8 Å². The number of hydrogen-bond acceptors (Lipinski definition) is 6. The lowest BCUT2D eigenvalue weighted by atomic mass is 10.1. The molecule has 0 aromatic heterocycles. The van der Waals surface area contributed by atoms with E-state index in [1.54, 1.807) is 30.3 Å². The molecule has 0 aliphatic carbocycles. The number of esters is 1. The van der Waals surface area contributed by atoms with Crippen molar-refractivity contribution in [3.8, 4) is 11.5 Å². The van der Waals surface area contributed by atoms with Gasteiger partial charge in [-0.1, -0.05) is 12.1 Å². The molecule has 7 nitrogen and oxygen atoms in total. The van der Waals surface area contributed by atoms with Crippen LogP contribution in [0.15, 0.2) is 42.5 Å². The van der Waals surface area contributed by atoms with E-state index >= 15 is 0 Å². The predicted octanol–water partition coefficient (Wildman–Crippen LogP) is 2.05. The van der Waals surface area contributed by atoms with Crippen molar-refractivity contribution < 1.29 is 28.6 Å². The standard InChI is InChI=1S/C18H15NO6/c1-23-15-9-11(7-8-14(15)25-10-16(20)24-2)19-17(21)12-5-3-4-6-13(12)18(19)22/h3-9H,10H2,1-2H3. The average molecular weight is 341 g/mol. The van der Waals surface area contributed by atoms with Gasteiger partial charge in [-0.05, 0) is 24.3 Å². The molecule has 1 heterocycles. The van der Waals surface area contributed by atoms with E-state index in [0.29, 0.717) is 22.6 Å². The first kappa shape index (κ1) is 16.5. The quantitative estimate of drug-likeness (QED) is 0.611. The summed E-state index contributed by atoms with van der Waals surface area (Å²) in [5.74, 6) is -0.741. The van der Waals surface area contributed by atoms with Crippen LogP contribution >= 0.6 is 0 Å². The van der Waals surface area contributed by atoms with Crippen molar-refractivity contribution in [2.75, 3.05) is 25.7 Å². The van der Waals surface area contributed by atoms with Gasteiger partial charge in [0.05, 0.1) is 31.0 Å². The van der Waals surface area contributed by atoms with Gasteiger partial charge in [-0.2, -0.15) is 0 Å². The molecule has 2 aromatic rings. The fraction of sp³-hybridized carbons (Fsp3) is 0.167. The molecule has 0 N–H and O–H groups in total. The fourth-order valence-electron chi connectivity index (χ4n) is 2.53. The second-order valence-corrected chi connectivity index (χ2v) is 5.19. The molecular weight excluding hydrogens is 326 g/mol. The summed E-state index contributed by atoms with van der Waals surface area (Å²) >= 11 is 0. The van der Waals surface area contributed by atoms with Gasteiger partial charge in [0.15, 0.2) is 18.1 Å². The van der Waals surface area contributed by atoms with E-state index in [2.05, 4.69) is 4.74 Å². The molecule has 0 saturated heterocycles. The molecule has 0 saturated carbocycles. The fourth-order valence-corrected chi connectivity index (χ4v) is 2.53. The van der Waals surface area contributed by atoms with Crippen LogP contribution in [0.2, 0.25) is 0 Å². The van der Waals surface area contributed by atoms with Crippen LogP contribution in [-0.4, -0.2) is 38.6 Å². The largest absolute Gasteiger partial charge is 0.493 e. The number of carbonyl (C=O) groups is 3. The van der Waals surface area contributed by atoms with Gasteiger partial charge in [0, 0.05) is 6.07 Å². The number of anilines is 1. The number of nitrogens with zero attached hydrogens (tertiary/aromatic N) is 1. The van der Waals surface area contributed by atoms with Crippen LogP contribution in [0, 0.1) is 0 Å². The lowest BCUT2D eigenvalue weighted by molar-refractivity contribution is -0.142. The zero-order valence-electron chi connectivity index (χ0n) is 13.6. The lowest BCUT2D eigenvalue weighted by Gasteiger charge is -2.17. The van der Waals surface area contributed by atoms with E-state index in [1.165, 1.54) is 26.4 Å². The number of ether oxygens (including phenoxy) is 3. The van der Waals surface area contributed by atoms with Crippen LogP contribution in [0.25, 0.3) is 0 Å². The minimum Gasteiger partial charge on any atom is -0.493 e. The van der Waals surface area contributed by atoms with Gasteiger partial charge in [0.2, 0.25) is 0 Å². The molecule has 0 atom stereocenters. The molecule has 0 fully saturated rings. The Kier molecular flexibility index (Phi) is 4.38. The molecule has 0 bridgehead atoms. The van der Waals surface area contributed by atoms with Crippen molar-refractivity contribution in [3.05, 3.63) is 53.6 Å². The Hall–Kier alpha value is -3.35. The van der Waals surface area contributed by atoms with Crippen molar-refractivity contribution in [2.45, 2.75) is 0 Å². The minimum atomic E-state index is -0.536. The van der Waals surface area contributed by atoms with E-state index in [-0.39, 0.29) is 12.4 Å². The average Bonchev–Trinajstić information content (AvgIpc) is 2.90. The molecule has 1 aliphatic rings. The summed E-state index contributed by atoms with van der Waals surface area (Å²) in [5, 5.41) is 0. The van der Waals surface area contributed by atoms with Gasteiger partial charge < -0.3 is 14.2 Å². The summed E-state index contributed by atoms with van der Waals surface area (Å²) in [6.45, 7) is -0.279. The molecule has 25 heavy (non-hydrogen) atoms. The Labute approximate surface area is 143 Å². The monoisotopic (exact) mass is 341 g/mol. The molecule has 3 rings (SSSR count). The highest BCUT2D eigenvalue weighted by Crippen LogP contribution is 2.35. The van der Waals surface area contributed by atoms with E-state index in [9.17, 15) is 14.4 Å². The highest BCUT2D eigenvalue weighted by atomic mass is 16.6. The molecule has 2 aromatic carbocycles. The molecule has 0 spiro atoms. The van der Waals surface area contributed by atoms with Gasteiger partial charge in [-0.15, -0.1) is 0 Å². The second-order valence-electron chi connectivity index (χ2n) is 5.19. The van der Waals surface area contributed by atoms with E-state index in [4.69, 9.17) is 9.47 Å². The number of fused-ring (bicyclic) bond motifs is 1. The summed E-state index contributed by atoms with van der Waals surface area (Å²) in [4.78, 5) is 37.3. The first-order valence-corrected chi connectivity index (χ1v) is 7.42. The maximum Gasteiger partial charge on any atom is 0.343 e. The number of amides is 2. The van der Waals surface area contributed by atoms with Gasteiger partial charge in [-0.25, -0.2) is 9.69 Å². The van der Waals surface area contributed by atoms with Crippen molar-refractivity contribution >= 4 is 23.5 Å². The zero-order valence-corrected chi connectivity index (χ0v) is 13.6. The van der Waals surface area contributed by atoms with Crippen LogP contribution in [-0.2, 0) is 9.53 Å². The lowest BCUT2D eigenvalue weighted by Crippen LogP contribution is -2.29. The second kappa shape index (κ2) is 6.64. The molecule has 128 valence electrons. The Morgan fingerprint density at radius 3 is 2.16 bits per heavy atom. The Bertz CT molecular complexity index is 825. The van der Waals surface area contributed by atoms with Crippen molar-refractivity contribution in [3.63, 3.8) is 0 Å². The number of hydrogen-bond donors (Lipinski definition) is 0. The molecule has 7 heteroatoms. The van der Waals surface area contributed by atoms with Gasteiger partial charge in [0.1, 0.15) is 0 Å². The summed E-state index contributed by atoms with van der Waals surface area (Å²) in [6, 6.07) is 11.2. The normalized spacial score (nSPS) is 12.8. The third kappa shape index (κ3) is 2.91. The number of imide groups is 1. The smallest absolute Gasteiger partial charge is 0.343 e. The third-order valence-corrected chi connectivity index (χ3v) is 3.77. The van der Waals surface area contributed by atoms with Crippen LogP contribution in [0.4, 0.5) is 5.69 Å². The van der Waals surface area contributed by atoms with Crippen molar-refractivity contribution in [2.24, 2.45) is 0 Å². The minimum absolute atomic E-state index is 0.279. The Balaban J connectivity index is 1.90. The predicted molar refractivity (Wildman–Crippen MR) is 88.1 cm³/mol. The molecule has 1 aliphatic heterocycles. The number of methoxy groups -OCH3 is 2. The molecular formula is C18H15NO6.